The molecule has 2 amide bonds. The number of hydrogen-bond acceptors (Lipinski definition) is 3. The summed E-state index contributed by atoms with van der Waals surface area (Å²) in [4.78, 5) is 14.4. The first-order valence-corrected chi connectivity index (χ1v) is 9.04. The monoisotopic (exact) mass is 366 g/mol. The maximum absolute atomic E-state index is 12.7. The summed E-state index contributed by atoms with van der Waals surface area (Å²) in [7, 11) is 5.56. The highest BCUT2D eigenvalue weighted by molar-refractivity contribution is 5.93. The van der Waals surface area contributed by atoms with Crippen LogP contribution in [-0.4, -0.2) is 44.1 Å². The minimum Gasteiger partial charge on any atom is -0.328 e. The average Bonchev–Trinajstić information content (AvgIpc) is 3.18. The third kappa shape index (κ3) is 4.36. The molecular formula is C20H26N6O. The quantitative estimate of drug-likeness (QED) is 0.728. The second kappa shape index (κ2) is 8.07. The number of nitrogens with zero attached hydrogens (tertiary/aromatic N) is 5. The molecule has 0 bridgehead atoms. The van der Waals surface area contributed by atoms with E-state index >= 15 is 0 Å². The Morgan fingerprint density at radius 3 is 2.63 bits per heavy atom. The number of aryl methyl sites for hydroxylation is 4. The fraction of sp³-hybridized carbons (Fsp3) is 0.350. The maximum atomic E-state index is 12.7. The van der Waals surface area contributed by atoms with Crippen LogP contribution in [0.2, 0.25) is 0 Å². The van der Waals surface area contributed by atoms with Crippen molar-refractivity contribution in [3.63, 3.8) is 0 Å². The summed E-state index contributed by atoms with van der Waals surface area (Å²) in [6, 6.07) is 9.86. The summed E-state index contributed by atoms with van der Waals surface area (Å²) in [6.07, 6.45) is 5.65. The molecular weight excluding hydrogens is 340 g/mol. The summed E-state index contributed by atoms with van der Waals surface area (Å²) in [5, 5.41) is 11.7. The van der Waals surface area contributed by atoms with Gasteiger partial charge in [0, 0.05) is 39.4 Å². The number of benzene rings is 1. The van der Waals surface area contributed by atoms with Crippen LogP contribution in [0.3, 0.4) is 0 Å². The van der Waals surface area contributed by atoms with Crippen molar-refractivity contribution < 1.29 is 4.79 Å². The molecule has 3 aromatic rings. The molecule has 0 saturated heterocycles. The molecule has 7 heteroatoms. The predicted molar refractivity (Wildman–Crippen MR) is 107 cm³/mol. The summed E-state index contributed by atoms with van der Waals surface area (Å²) in [5.41, 5.74) is 4.06. The number of carbonyl (C=O) groups excluding carboxylic acids is 1. The third-order valence-electron chi connectivity index (χ3n) is 4.57. The number of anilines is 1. The normalized spacial score (nSPS) is 10.8. The van der Waals surface area contributed by atoms with Crippen LogP contribution in [0.1, 0.15) is 17.7 Å². The number of rotatable bonds is 6. The Hall–Kier alpha value is -3.09. The Labute approximate surface area is 159 Å². The molecule has 7 nitrogen and oxygen atoms in total. The van der Waals surface area contributed by atoms with Crippen molar-refractivity contribution in [2.45, 2.75) is 19.8 Å². The lowest BCUT2D eigenvalue weighted by molar-refractivity contribution is 0.222. The fourth-order valence-electron chi connectivity index (χ4n) is 3.17. The van der Waals surface area contributed by atoms with Gasteiger partial charge in [-0.1, -0.05) is 30.3 Å². The van der Waals surface area contributed by atoms with Crippen LogP contribution in [0.25, 0.3) is 11.1 Å². The van der Waals surface area contributed by atoms with Crippen LogP contribution in [0.5, 0.6) is 0 Å². The molecule has 0 unspecified atom stereocenters. The van der Waals surface area contributed by atoms with Gasteiger partial charge in [-0.15, -0.1) is 0 Å². The molecule has 1 N–H and O–H groups in total. The summed E-state index contributed by atoms with van der Waals surface area (Å²) >= 11 is 0. The zero-order valence-electron chi connectivity index (χ0n) is 16.3. The number of carbonyl (C=O) groups is 1. The molecule has 0 aliphatic heterocycles. The largest absolute Gasteiger partial charge is 0.328 e. The Balaban J connectivity index is 1.65. The van der Waals surface area contributed by atoms with Gasteiger partial charge in [0.25, 0.3) is 0 Å². The second-order valence-electron chi connectivity index (χ2n) is 6.78. The Morgan fingerprint density at radius 2 is 1.96 bits per heavy atom. The molecule has 0 fully saturated rings. The van der Waals surface area contributed by atoms with Crippen LogP contribution >= 0.6 is 0 Å². The topological polar surface area (TPSA) is 68.0 Å². The van der Waals surface area contributed by atoms with Crippen molar-refractivity contribution >= 4 is 11.8 Å². The molecule has 2 heterocycles. The van der Waals surface area contributed by atoms with E-state index in [4.69, 9.17) is 0 Å². The van der Waals surface area contributed by atoms with E-state index in [2.05, 4.69) is 15.5 Å². The van der Waals surface area contributed by atoms with Gasteiger partial charge in [-0.25, -0.2) is 4.79 Å². The van der Waals surface area contributed by atoms with Crippen LogP contribution in [-0.2, 0) is 20.5 Å². The zero-order chi connectivity index (χ0) is 19.4. The smallest absolute Gasteiger partial charge is 0.322 e. The number of amides is 2. The lowest BCUT2D eigenvalue weighted by atomic mass is 10.1. The SMILES string of the molecule is Cc1nn(C)c(NC(=O)N(C)CCCc2cnn(C)c2)c1-c1ccccc1. The number of urea groups is 1. The third-order valence-corrected chi connectivity index (χ3v) is 4.57. The van der Waals surface area contributed by atoms with Crippen LogP contribution in [0.4, 0.5) is 10.6 Å². The first kappa shape index (κ1) is 18.7. The van der Waals surface area contributed by atoms with Crippen LogP contribution < -0.4 is 5.32 Å². The van der Waals surface area contributed by atoms with E-state index < -0.39 is 0 Å². The van der Waals surface area contributed by atoms with Crippen molar-refractivity contribution in [3.05, 3.63) is 54.0 Å². The van der Waals surface area contributed by atoms with Gasteiger partial charge in [0.1, 0.15) is 5.82 Å². The van der Waals surface area contributed by atoms with Crippen molar-refractivity contribution in [2.75, 3.05) is 18.9 Å². The van der Waals surface area contributed by atoms with Gasteiger partial charge in [-0.2, -0.15) is 10.2 Å². The molecule has 0 saturated carbocycles. The summed E-state index contributed by atoms with van der Waals surface area (Å²) in [5.74, 6) is 0.711. The molecule has 0 aliphatic rings. The number of nitrogens with one attached hydrogen (secondary N) is 1. The highest BCUT2D eigenvalue weighted by Gasteiger charge is 2.18. The van der Waals surface area contributed by atoms with E-state index in [1.165, 1.54) is 5.56 Å². The Kier molecular flexibility index (Phi) is 5.59. The van der Waals surface area contributed by atoms with Crippen LogP contribution in [0.15, 0.2) is 42.7 Å². The summed E-state index contributed by atoms with van der Waals surface area (Å²) in [6.45, 7) is 2.62. The van der Waals surface area contributed by atoms with Gasteiger partial charge in [0.2, 0.25) is 0 Å². The van der Waals surface area contributed by atoms with Gasteiger partial charge in [0.05, 0.1) is 11.9 Å². The highest BCUT2D eigenvalue weighted by atomic mass is 16.2. The van der Waals surface area contributed by atoms with Crippen molar-refractivity contribution in [1.82, 2.24) is 24.5 Å². The van der Waals surface area contributed by atoms with Crippen LogP contribution in [0, 0.1) is 6.92 Å². The fourth-order valence-corrected chi connectivity index (χ4v) is 3.17. The lowest BCUT2D eigenvalue weighted by Crippen LogP contribution is -2.33. The predicted octanol–water partition coefficient (Wildman–Crippen LogP) is 3.23. The van der Waals surface area contributed by atoms with E-state index in [-0.39, 0.29) is 6.03 Å². The van der Waals surface area contributed by atoms with Crippen molar-refractivity contribution in [1.29, 1.82) is 0 Å². The minimum absolute atomic E-state index is 0.138. The van der Waals surface area contributed by atoms with Crippen molar-refractivity contribution in [2.24, 2.45) is 14.1 Å². The first-order valence-electron chi connectivity index (χ1n) is 9.04. The first-order chi connectivity index (χ1) is 13.0. The van der Waals surface area contributed by atoms with E-state index in [1.54, 1.807) is 14.3 Å². The van der Waals surface area contributed by atoms with Gasteiger partial charge in [-0.05, 0) is 30.9 Å². The average molecular weight is 366 g/mol. The van der Waals surface area contributed by atoms with Gasteiger partial charge in [0.15, 0.2) is 0 Å². The Morgan fingerprint density at radius 1 is 1.22 bits per heavy atom. The van der Waals surface area contributed by atoms with E-state index in [0.29, 0.717) is 12.4 Å². The van der Waals surface area contributed by atoms with E-state index in [1.807, 2.05) is 70.8 Å². The molecule has 0 spiro atoms. The number of aromatic nitrogens is 4. The molecule has 0 radical (unpaired) electrons. The summed E-state index contributed by atoms with van der Waals surface area (Å²) < 4.78 is 3.51. The van der Waals surface area contributed by atoms with E-state index in [0.717, 1.165) is 29.7 Å². The lowest BCUT2D eigenvalue weighted by Gasteiger charge is -2.18. The molecule has 2 aromatic heterocycles. The van der Waals surface area contributed by atoms with Gasteiger partial charge < -0.3 is 4.90 Å². The molecule has 142 valence electrons. The van der Waals surface area contributed by atoms with Gasteiger partial charge >= 0.3 is 6.03 Å². The molecule has 27 heavy (non-hydrogen) atoms. The molecule has 3 rings (SSSR count). The standard InChI is InChI=1S/C20H26N6O/c1-15-18(17-10-6-5-7-11-17)19(26(4)23-15)22-20(27)24(2)12-8-9-16-13-21-25(3)14-16/h5-7,10-11,13-14H,8-9,12H2,1-4H3,(H,22,27). The van der Waals surface area contributed by atoms with Gasteiger partial charge in [-0.3, -0.25) is 14.7 Å². The maximum Gasteiger partial charge on any atom is 0.322 e. The van der Waals surface area contributed by atoms with Crippen molar-refractivity contribution in [3.8, 4) is 11.1 Å². The Bertz CT molecular complexity index is 912. The number of hydrogen-bond donors (Lipinski definition) is 1. The zero-order valence-corrected chi connectivity index (χ0v) is 16.3. The molecule has 0 atom stereocenters. The second-order valence-corrected chi connectivity index (χ2v) is 6.78. The van der Waals surface area contributed by atoms with E-state index in [9.17, 15) is 4.79 Å². The molecule has 1 aromatic carbocycles. The molecule has 0 aliphatic carbocycles. The highest BCUT2D eigenvalue weighted by Crippen LogP contribution is 2.30. The minimum atomic E-state index is -0.138.